The van der Waals surface area contributed by atoms with E-state index in [9.17, 15) is 19.2 Å². The first kappa shape index (κ1) is 18.5. The van der Waals surface area contributed by atoms with Gasteiger partial charge in [0.25, 0.3) is 5.91 Å². The second-order valence-corrected chi connectivity index (χ2v) is 6.98. The quantitative estimate of drug-likeness (QED) is 0.587. The van der Waals surface area contributed by atoms with E-state index in [1.165, 1.54) is 4.90 Å². The number of aromatic amines is 2. The van der Waals surface area contributed by atoms with Gasteiger partial charge in [0.1, 0.15) is 12.6 Å². The van der Waals surface area contributed by atoms with Gasteiger partial charge in [0.05, 0.1) is 11.0 Å². The minimum Gasteiger partial charge on any atom is -0.324 e. The summed E-state index contributed by atoms with van der Waals surface area (Å²) in [6, 6.07) is 10.9. The second kappa shape index (κ2) is 6.93. The highest BCUT2D eigenvalue weighted by Crippen LogP contribution is 2.26. The number of amides is 4. The molecule has 1 aromatic heterocycles. The molecule has 0 saturated carbocycles. The van der Waals surface area contributed by atoms with Crippen molar-refractivity contribution < 1.29 is 14.4 Å². The average Bonchev–Trinajstić information content (AvgIpc) is 3.14. The molecule has 1 aliphatic heterocycles. The van der Waals surface area contributed by atoms with Gasteiger partial charge in [0.15, 0.2) is 0 Å². The molecule has 9 heteroatoms. The number of carbonyl (C=O) groups excluding carboxylic acids is 3. The van der Waals surface area contributed by atoms with E-state index in [4.69, 9.17) is 0 Å². The predicted octanol–water partition coefficient (Wildman–Crippen LogP) is 1.96. The highest BCUT2D eigenvalue weighted by atomic mass is 16.2. The summed E-state index contributed by atoms with van der Waals surface area (Å²) >= 11 is 0. The van der Waals surface area contributed by atoms with E-state index in [2.05, 4.69) is 15.3 Å². The van der Waals surface area contributed by atoms with Crippen molar-refractivity contribution >= 4 is 40.3 Å². The number of hydrogen-bond acceptors (Lipinski definition) is 4. The van der Waals surface area contributed by atoms with Crippen molar-refractivity contribution in [3.8, 4) is 0 Å². The van der Waals surface area contributed by atoms with Crippen LogP contribution >= 0.6 is 0 Å². The second-order valence-electron chi connectivity index (χ2n) is 6.98. The number of carbonyl (C=O) groups is 3. The summed E-state index contributed by atoms with van der Waals surface area (Å²) in [5.41, 5.74) is 2.89. The van der Waals surface area contributed by atoms with Gasteiger partial charge in [-0.15, -0.1) is 0 Å². The van der Waals surface area contributed by atoms with Crippen LogP contribution in [-0.4, -0.2) is 45.3 Å². The lowest BCUT2D eigenvalue weighted by Crippen LogP contribution is -2.39. The van der Waals surface area contributed by atoms with Gasteiger partial charge in [-0.2, -0.15) is 0 Å². The highest BCUT2D eigenvalue weighted by molar-refractivity contribution is 6.16. The van der Waals surface area contributed by atoms with Crippen molar-refractivity contribution in [2.75, 3.05) is 16.8 Å². The van der Waals surface area contributed by atoms with E-state index in [1.807, 2.05) is 19.1 Å². The number of benzene rings is 2. The maximum absolute atomic E-state index is 12.8. The van der Waals surface area contributed by atoms with Gasteiger partial charge in [-0.3, -0.25) is 19.4 Å². The lowest BCUT2D eigenvalue weighted by Gasteiger charge is -2.19. The molecule has 0 bridgehead atoms. The fraction of sp³-hybridized carbons (Fsp3) is 0.200. The van der Waals surface area contributed by atoms with Crippen molar-refractivity contribution in [1.29, 1.82) is 0 Å². The fourth-order valence-corrected chi connectivity index (χ4v) is 3.37. The van der Waals surface area contributed by atoms with Gasteiger partial charge >= 0.3 is 11.7 Å². The molecule has 0 radical (unpaired) electrons. The predicted molar refractivity (Wildman–Crippen MR) is 108 cm³/mol. The highest BCUT2D eigenvalue weighted by Gasteiger charge is 2.44. The molecule has 1 aliphatic rings. The smallest absolute Gasteiger partial charge is 0.324 e. The van der Waals surface area contributed by atoms with Gasteiger partial charge in [-0.05, 0) is 44.2 Å². The third-order valence-corrected chi connectivity index (χ3v) is 4.86. The summed E-state index contributed by atoms with van der Waals surface area (Å²) in [6.45, 7) is 3.17. The van der Waals surface area contributed by atoms with Gasteiger partial charge in [-0.1, -0.05) is 17.7 Å². The molecule has 29 heavy (non-hydrogen) atoms. The molecule has 2 aromatic carbocycles. The molecule has 148 valence electrons. The Labute approximate surface area is 165 Å². The van der Waals surface area contributed by atoms with Crippen LogP contribution in [0.15, 0.2) is 47.3 Å². The summed E-state index contributed by atoms with van der Waals surface area (Å²) in [4.78, 5) is 56.7. The van der Waals surface area contributed by atoms with E-state index in [0.29, 0.717) is 22.4 Å². The Morgan fingerprint density at radius 3 is 2.45 bits per heavy atom. The van der Waals surface area contributed by atoms with E-state index in [0.717, 1.165) is 10.5 Å². The standard InChI is InChI=1S/C20H19N5O4/c1-11-3-6-14(7-4-11)25-12(2)18(27)24(20(25)29)10-17(26)21-13-5-8-15-16(9-13)23-19(28)22-15/h3-9,12H,10H2,1-2H3,(H,21,26)(H2,22,23,28). The number of hydrogen-bond donors (Lipinski definition) is 3. The summed E-state index contributed by atoms with van der Waals surface area (Å²) in [5, 5.41) is 2.65. The van der Waals surface area contributed by atoms with E-state index in [-0.39, 0.29) is 5.69 Å². The third kappa shape index (κ3) is 3.38. The van der Waals surface area contributed by atoms with Gasteiger partial charge in [0.2, 0.25) is 5.91 Å². The molecular formula is C20H19N5O4. The van der Waals surface area contributed by atoms with Crippen molar-refractivity contribution in [3.63, 3.8) is 0 Å². The summed E-state index contributed by atoms with van der Waals surface area (Å²) in [5.74, 6) is -0.946. The summed E-state index contributed by atoms with van der Waals surface area (Å²) < 4.78 is 0. The third-order valence-electron chi connectivity index (χ3n) is 4.86. The lowest BCUT2D eigenvalue weighted by atomic mass is 10.2. The number of imide groups is 1. The maximum Gasteiger partial charge on any atom is 0.332 e. The van der Waals surface area contributed by atoms with Crippen molar-refractivity contribution in [2.24, 2.45) is 0 Å². The zero-order chi connectivity index (χ0) is 20.7. The number of aryl methyl sites for hydroxylation is 1. The molecule has 9 nitrogen and oxygen atoms in total. The Morgan fingerprint density at radius 2 is 1.72 bits per heavy atom. The zero-order valence-corrected chi connectivity index (χ0v) is 15.9. The first-order valence-electron chi connectivity index (χ1n) is 9.06. The van der Waals surface area contributed by atoms with Crippen LogP contribution < -0.4 is 15.9 Å². The molecule has 0 aliphatic carbocycles. The Morgan fingerprint density at radius 1 is 1.03 bits per heavy atom. The first-order chi connectivity index (χ1) is 13.8. The van der Waals surface area contributed by atoms with Gasteiger partial charge < -0.3 is 15.3 Å². The molecule has 3 N–H and O–H groups in total. The molecule has 1 unspecified atom stereocenters. The Hall–Kier alpha value is -3.88. The number of H-pyrrole nitrogens is 2. The SMILES string of the molecule is Cc1ccc(N2C(=O)N(CC(=O)Nc3ccc4[nH]c(=O)[nH]c4c3)C(=O)C2C)cc1. The normalized spacial score (nSPS) is 16.7. The molecule has 1 atom stereocenters. The van der Waals surface area contributed by atoms with Crippen LogP contribution in [0.25, 0.3) is 11.0 Å². The molecule has 2 heterocycles. The van der Waals surface area contributed by atoms with E-state index in [1.54, 1.807) is 37.3 Å². The number of urea groups is 1. The zero-order valence-electron chi connectivity index (χ0n) is 15.9. The van der Waals surface area contributed by atoms with Crippen LogP contribution in [0.2, 0.25) is 0 Å². The molecule has 4 amide bonds. The molecule has 4 rings (SSSR count). The molecule has 1 fully saturated rings. The number of nitrogens with zero attached hydrogens (tertiary/aromatic N) is 2. The molecule has 1 saturated heterocycles. The van der Waals surface area contributed by atoms with Gasteiger partial charge in [0, 0.05) is 11.4 Å². The van der Waals surface area contributed by atoms with E-state index >= 15 is 0 Å². The average molecular weight is 393 g/mol. The molecule has 0 spiro atoms. The monoisotopic (exact) mass is 393 g/mol. The number of aromatic nitrogens is 2. The largest absolute Gasteiger partial charge is 0.332 e. The topological polar surface area (TPSA) is 118 Å². The number of nitrogens with one attached hydrogen (secondary N) is 3. The van der Waals surface area contributed by atoms with Crippen LogP contribution in [0.4, 0.5) is 16.2 Å². The van der Waals surface area contributed by atoms with Gasteiger partial charge in [-0.25, -0.2) is 9.59 Å². The van der Waals surface area contributed by atoms with E-state index < -0.39 is 30.4 Å². The van der Waals surface area contributed by atoms with Crippen molar-refractivity contribution in [1.82, 2.24) is 14.9 Å². The van der Waals surface area contributed by atoms with Crippen LogP contribution in [0.1, 0.15) is 12.5 Å². The minimum atomic E-state index is -0.695. The Kier molecular flexibility index (Phi) is 4.42. The fourth-order valence-electron chi connectivity index (χ4n) is 3.37. The van der Waals surface area contributed by atoms with Crippen molar-refractivity contribution in [2.45, 2.75) is 19.9 Å². The van der Waals surface area contributed by atoms with Crippen LogP contribution in [0.5, 0.6) is 0 Å². The Balaban J connectivity index is 1.49. The molecule has 3 aromatic rings. The summed E-state index contributed by atoms with van der Waals surface area (Å²) in [7, 11) is 0. The van der Waals surface area contributed by atoms with Crippen LogP contribution in [0, 0.1) is 6.92 Å². The summed E-state index contributed by atoms with van der Waals surface area (Å²) in [6.07, 6.45) is 0. The number of fused-ring (bicyclic) bond motifs is 1. The lowest BCUT2D eigenvalue weighted by molar-refractivity contribution is -0.130. The number of rotatable bonds is 4. The maximum atomic E-state index is 12.8. The number of anilines is 2. The van der Waals surface area contributed by atoms with Crippen LogP contribution in [-0.2, 0) is 9.59 Å². The molecular weight excluding hydrogens is 374 g/mol. The Bertz CT molecular complexity index is 1180. The first-order valence-corrected chi connectivity index (χ1v) is 9.06. The number of imidazole rings is 1. The van der Waals surface area contributed by atoms with Crippen LogP contribution in [0.3, 0.4) is 0 Å². The van der Waals surface area contributed by atoms with Crippen molar-refractivity contribution in [3.05, 3.63) is 58.5 Å². The minimum absolute atomic E-state index is 0.345.